The zero-order valence-electron chi connectivity index (χ0n) is 19.8. The van der Waals surface area contributed by atoms with Crippen LogP contribution in [0.5, 0.6) is 0 Å². The molecule has 0 aliphatic heterocycles. The predicted octanol–water partition coefficient (Wildman–Crippen LogP) is 6.09. The van der Waals surface area contributed by atoms with Crippen LogP contribution >= 0.6 is 23.2 Å². The highest BCUT2D eigenvalue weighted by molar-refractivity contribution is 6.35. The van der Waals surface area contributed by atoms with Gasteiger partial charge in [0.1, 0.15) is 11.9 Å². The molecule has 0 spiro atoms. The number of benzene rings is 3. The van der Waals surface area contributed by atoms with Crippen LogP contribution in [-0.2, 0) is 29.0 Å². The van der Waals surface area contributed by atoms with E-state index in [1.54, 1.807) is 36.4 Å². The van der Waals surface area contributed by atoms with Crippen molar-refractivity contribution in [3.63, 3.8) is 0 Å². The molecule has 0 aliphatic rings. The first-order chi connectivity index (χ1) is 16.7. The maximum Gasteiger partial charge on any atom is 0.243 e. The van der Waals surface area contributed by atoms with Crippen LogP contribution in [-0.4, -0.2) is 29.3 Å². The molecule has 35 heavy (non-hydrogen) atoms. The molecule has 1 atom stereocenters. The zero-order valence-corrected chi connectivity index (χ0v) is 21.3. The first-order valence-corrected chi connectivity index (χ1v) is 12.3. The van der Waals surface area contributed by atoms with Gasteiger partial charge in [-0.3, -0.25) is 9.59 Å². The summed E-state index contributed by atoms with van der Waals surface area (Å²) in [4.78, 5) is 28.5. The smallest absolute Gasteiger partial charge is 0.243 e. The van der Waals surface area contributed by atoms with Crippen LogP contribution in [0.3, 0.4) is 0 Å². The first-order valence-electron chi connectivity index (χ1n) is 11.5. The topological polar surface area (TPSA) is 49.4 Å². The molecular formula is C28H29Cl2FN2O2. The van der Waals surface area contributed by atoms with Gasteiger partial charge in [-0.05, 0) is 35.2 Å². The van der Waals surface area contributed by atoms with Crippen LogP contribution in [0.25, 0.3) is 0 Å². The summed E-state index contributed by atoms with van der Waals surface area (Å²) in [5.74, 6) is -0.816. The third kappa shape index (κ3) is 7.81. The Morgan fingerprint density at radius 1 is 0.943 bits per heavy atom. The SMILES string of the molecule is CC(C)CNC(=O)[C@H](Cc1ccccc1)N(Cc1ccccc1F)C(=O)Cc1ccc(Cl)cc1Cl. The van der Waals surface area contributed by atoms with E-state index in [-0.39, 0.29) is 30.7 Å². The number of carbonyl (C=O) groups excluding carboxylic acids is 2. The largest absolute Gasteiger partial charge is 0.354 e. The van der Waals surface area contributed by atoms with Gasteiger partial charge >= 0.3 is 0 Å². The Bertz CT molecular complexity index is 1150. The highest BCUT2D eigenvalue weighted by Gasteiger charge is 2.31. The summed E-state index contributed by atoms with van der Waals surface area (Å²) in [6.45, 7) is 4.41. The third-order valence-corrected chi connectivity index (χ3v) is 6.20. The van der Waals surface area contributed by atoms with Crippen LogP contribution < -0.4 is 5.32 Å². The molecule has 0 aliphatic carbocycles. The normalized spacial score (nSPS) is 11.8. The van der Waals surface area contributed by atoms with E-state index in [2.05, 4.69) is 5.32 Å². The lowest BCUT2D eigenvalue weighted by Crippen LogP contribution is -2.51. The summed E-state index contributed by atoms with van der Waals surface area (Å²) in [7, 11) is 0. The summed E-state index contributed by atoms with van der Waals surface area (Å²) < 4.78 is 14.6. The summed E-state index contributed by atoms with van der Waals surface area (Å²) in [5.41, 5.74) is 1.81. The van der Waals surface area contributed by atoms with Crippen LogP contribution in [0, 0.1) is 11.7 Å². The number of hydrogen-bond acceptors (Lipinski definition) is 2. The molecule has 1 N–H and O–H groups in total. The third-order valence-electron chi connectivity index (χ3n) is 5.61. The summed E-state index contributed by atoms with van der Waals surface area (Å²) >= 11 is 12.3. The van der Waals surface area contributed by atoms with Gasteiger partial charge in [-0.1, -0.05) is 91.6 Å². The van der Waals surface area contributed by atoms with Gasteiger partial charge in [0.2, 0.25) is 11.8 Å². The minimum atomic E-state index is -0.839. The van der Waals surface area contributed by atoms with E-state index in [0.29, 0.717) is 34.1 Å². The molecule has 184 valence electrons. The predicted molar refractivity (Wildman–Crippen MR) is 139 cm³/mol. The quantitative estimate of drug-likeness (QED) is 0.356. The summed E-state index contributed by atoms with van der Waals surface area (Å²) in [5, 5.41) is 3.77. The molecular weight excluding hydrogens is 486 g/mol. The Kier molecular flexibility index (Phi) is 9.70. The molecule has 7 heteroatoms. The van der Waals surface area contributed by atoms with Crippen molar-refractivity contribution >= 4 is 35.0 Å². The van der Waals surface area contributed by atoms with Gasteiger partial charge in [-0.25, -0.2) is 4.39 Å². The van der Waals surface area contributed by atoms with Crippen molar-refractivity contribution in [3.05, 3.63) is 105 Å². The number of carbonyl (C=O) groups is 2. The Hall–Kier alpha value is -2.89. The molecule has 0 unspecified atom stereocenters. The van der Waals surface area contributed by atoms with E-state index in [1.807, 2.05) is 44.2 Å². The molecule has 0 radical (unpaired) electrons. The van der Waals surface area contributed by atoms with E-state index in [4.69, 9.17) is 23.2 Å². The van der Waals surface area contributed by atoms with E-state index < -0.39 is 11.9 Å². The summed E-state index contributed by atoms with van der Waals surface area (Å²) in [6.07, 6.45) is 0.243. The number of hydrogen-bond donors (Lipinski definition) is 1. The molecule has 3 rings (SSSR count). The van der Waals surface area contributed by atoms with Crippen molar-refractivity contribution in [2.75, 3.05) is 6.54 Å². The van der Waals surface area contributed by atoms with Crippen molar-refractivity contribution in [1.82, 2.24) is 10.2 Å². The van der Waals surface area contributed by atoms with Crippen molar-refractivity contribution in [1.29, 1.82) is 0 Å². The molecule has 0 heterocycles. The lowest BCUT2D eigenvalue weighted by atomic mass is 10.0. The van der Waals surface area contributed by atoms with Gasteiger partial charge < -0.3 is 10.2 Å². The number of amides is 2. The van der Waals surface area contributed by atoms with Gasteiger partial charge in [-0.15, -0.1) is 0 Å². The highest BCUT2D eigenvalue weighted by Crippen LogP contribution is 2.24. The molecule has 0 aromatic heterocycles. The van der Waals surface area contributed by atoms with Crippen molar-refractivity contribution in [3.8, 4) is 0 Å². The average Bonchev–Trinajstić information content (AvgIpc) is 2.83. The standard InChI is InChI=1S/C28H29Cl2FN2O2/c1-19(2)17-32-28(35)26(14-20-8-4-3-5-9-20)33(18-22-10-6-7-11-25(22)31)27(34)15-21-12-13-23(29)16-24(21)30/h3-13,16,19,26H,14-15,17-18H2,1-2H3,(H,32,35)/t26-/m0/s1. The maximum absolute atomic E-state index is 14.6. The fraction of sp³-hybridized carbons (Fsp3) is 0.286. The van der Waals surface area contributed by atoms with Gasteiger partial charge in [0.25, 0.3) is 0 Å². The second-order valence-corrected chi connectivity index (χ2v) is 9.71. The second-order valence-electron chi connectivity index (χ2n) is 8.87. The Balaban J connectivity index is 1.99. The number of nitrogens with zero attached hydrogens (tertiary/aromatic N) is 1. The molecule has 0 saturated heterocycles. The number of nitrogens with one attached hydrogen (secondary N) is 1. The molecule has 0 saturated carbocycles. The van der Waals surface area contributed by atoms with Gasteiger partial charge in [0.05, 0.1) is 6.42 Å². The Morgan fingerprint density at radius 2 is 1.63 bits per heavy atom. The molecule has 4 nitrogen and oxygen atoms in total. The lowest BCUT2D eigenvalue weighted by molar-refractivity contribution is -0.140. The molecule has 0 fully saturated rings. The monoisotopic (exact) mass is 514 g/mol. The minimum Gasteiger partial charge on any atom is -0.354 e. The second kappa shape index (κ2) is 12.7. The van der Waals surface area contributed by atoms with E-state index in [9.17, 15) is 14.0 Å². The molecule has 3 aromatic carbocycles. The minimum absolute atomic E-state index is 0.0484. The summed E-state index contributed by atoms with van der Waals surface area (Å²) in [6, 6.07) is 19.8. The zero-order chi connectivity index (χ0) is 25.4. The van der Waals surface area contributed by atoms with Crippen LogP contribution in [0.1, 0.15) is 30.5 Å². The van der Waals surface area contributed by atoms with Crippen molar-refractivity contribution in [2.45, 2.75) is 39.3 Å². The molecule has 3 aromatic rings. The van der Waals surface area contributed by atoms with Gasteiger partial charge in [0.15, 0.2) is 0 Å². The van der Waals surface area contributed by atoms with E-state index in [1.165, 1.54) is 11.0 Å². The van der Waals surface area contributed by atoms with E-state index >= 15 is 0 Å². The number of rotatable bonds is 10. The highest BCUT2D eigenvalue weighted by atomic mass is 35.5. The maximum atomic E-state index is 14.6. The molecule has 0 bridgehead atoms. The van der Waals surface area contributed by atoms with Crippen LogP contribution in [0.15, 0.2) is 72.8 Å². The lowest BCUT2D eigenvalue weighted by Gasteiger charge is -2.32. The van der Waals surface area contributed by atoms with Crippen molar-refractivity contribution < 1.29 is 14.0 Å². The van der Waals surface area contributed by atoms with Crippen LogP contribution in [0.2, 0.25) is 10.0 Å². The number of halogens is 3. The average molecular weight is 515 g/mol. The fourth-order valence-corrected chi connectivity index (χ4v) is 4.19. The van der Waals surface area contributed by atoms with Gasteiger partial charge in [0, 0.05) is 35.1 Å². The first kappa shape index (κ1) is 26.7. The van der Waals surface area contributed by atoms with Crippen molar-refractivity contribution in [2.24, 2.45) is 5.92 Å². The molecule has 2 amide bonds. The Labute approximate surface area is 216 Å². The fourth-order valence-electron chi connectivity index (χ4n) is 3.72. The van der Waals surface area contributed by atoms with Gasteiger partial charge in [-0.2, -0.15) is 0 Å². The Morgan fingerprint density at radius 3 is 2.29 bits per heavy atom. The van der Waals surface area contributed by atoms with E-state index in [0.717, 1.165) is 5.56 Å². The van der Waals surface area contributed by atoms with Crippen LogP contribution in [0.4, 0.5) is 4.39 Å².